The first-order valence-electron chi connectivity index (χ1n) is 8.01. The van der Waals surface area contributed by atoms with Crippen molar-refractivity contribution in [2.75, 3.05) is 39.3 Å². The van der Waals surface area contributed by atoms with Crippen LogP contribution in [0.5, 0.6) is 5.75 Å². The van der Waals surface area contributed by atoms with E-state index in [4.69, 9.17) is 0 Å². The summed E-state index contributed by atoms with van der Waals surface area (Å²) in [5.41, 5.74) is 1.01. The molecule has 7 heteroatoms. The molecule has 0 spiro atoms. The molecule has 2 fully saturated rings. The van der Waals surface area contributed by atoms with Gasteiger partial charge in [0.25, 0.3) is 0 Å². The molecule has 0 amide bonds. The van der Waals surface area contributed by atoms with E-state index in [0.29, 0.717) is 6.04 Å². The summed E-state index contributed by atoms with van der Waals surface area (Å²) in [6.45, 7) is 7.07. The molecule has 3 rings (SSSR count). The van der Waals surface area contributed by atoms with Crippen LogP contribution in [-0.2, 0) is 6.54 Å². The number of halogens is 3. The second kappa shape index (κ2) is 7.07. The highest BCUT2D eigenvalue weighted by atomic mass is 19.4. The van der Waals surface area contributed by atoms with E-state index in [2.05, 4.69) is 19.9 Å². The Labute approximate surface area is 134 Å². The fourth-order valence-corrected chi connectivity index (χ4v) is 3.29. The fraction of sp³-hybridized carbons (Fsp3) is 0.625. The van der Waals surface area contributed by atoms with E-state index in [1.165, 1.54) is 18.6 Å². The molecule has 0 aromatic heterocycles. The minimum absolute atomic E-state index is 0.167. The van der Waals surface area contributed by atoms with Gasteiger partial charge in [-0.05, 0) is 30.7 Å². The second-order valence-electron chi connectivity index (χ2n) is 6.15. The van der Waals surface area contributed by atoms with Crippen LogP contribution in [0.15, 0.2) is 24.3 Å². The number of piperazine rings is 1. The minimum atomic E-state index is -4.63. The zero-order chi connectivity index (χ0) is 16.3. The van der Waals surface area contributed by atoms with Crippen molar-refractivity contribution >= 4 is 0 Å². The summed E-state index contributed by atoms with van der Waals surface area (Å²) in [4.78, 5) is 4.88. The molecule has 0 bridgehead atoms. The number of benzene rings is 1. The van der Waals surface area contributed by atoms with Gasteiger partial charge in [-0.2, -0.15) is 0 Å². The SMILES string of the molecule is FC(F)(F)Oc1ccc(CN2CCN(C3CCNC3)CC2)cc1. The normalized spacial score (nSPS) is 24.0. The van der Waals surface area contributed by atoms with Gasteiger partial charge in [0.2, 0.25) is 0 Å². The molecule has 2 heterocycles. The van der Waals surface area contributed by atoms with E-state index in [9.17, 15) is 13.2 Å². The Bertz CT molecular complexity index is 492. The highest BCUT2D eigenvalue weighted by Gasteiger charge is 2.31. The monoisotopic (exact) mass is 329 g/mol. The summed E-state index contributed by atoms with van der Waals surface area (Å²) in [5, 5.41) is 3.39. The lowest BCUT2D eigenvalue weighted by molar-refractivity contribution is -0.274. The molecule has 2 aliphatic rings. The number of nitrogens with one attached hydrogen (secondary N) is 1. The maximum absolute atomic E-state index is 12.1. The maximum Gasteiger partial charge on any atom is 0.573 e. The second-order valence-corrected chi connectivity index (χ2v) is 6.15. The lowest BCUT2D eigenvalue weighted by Gasteiger charge is -2.37. The van der Waals surface area contributed by atoms with Gasteiger partial charge in [-0.3, -0.25) is 9.80 Å². The lowest BCUT2D eigenvalue weighted by atomic mass is 10.1. The zero-order valence-electron chi connectivity index (χ0n) is 13.0. The van der Waals surface area contributed by atoms with E-state index in [0.717, 1.165) is 51.4 Å². The molecule has 1 aromatic rings. The quantitative estimate of drug-likeness (QED) is 0.915. The molecule has 1 unspecified atom stereocenters. The number of nitrogens with zero attached hydrogens (tertiary/aromatic N) is 2. The van der Waals surface area contributed by atoms with Crippen molar-refractivity contribution in [2.24, 2.45) is 0 Å². The fourth-order valence-electron chi connectivity index (χ4n) is 3.29. The molecule has 0 aliphatic carbocycles. The van der Waals surface area contributed by atoms with Crippen molar-refractivity contribution in [1.82, 2.24) is 15.1 Å². The molecule has 128 valence electrons. The van der Waals surface area contributed by atoms with E-state index >= 15 is 0 Å². The van der Waals surface area contributed by atoms with E-state index < -0.39 is 6.36 Å². The molecule has 0 saturated carbocycles. The molecule has 1 atom stereocenters. The highest BCUT2D eigenvalue weighted by Crippen LogP contribution is 2.23. The van der Waals surface area contributed by atoms with Gasteiger partial charge < -0.3 is 10.1 Å². The largest absolute Gasteiger partial charge is 0.573 e. The van der Waals surface area contributed by atoms with E-state index in [1.807, 2.05) is 0 Å². The average molecular weight is 329 g/mol. The summed E-state index contributed by atoms with van der Waals surface area (Å²) in [5.74, 6) is -0.167. The van der Waals surface area contributed by atoms with Gasteiger partial charge >= 0.3 is 6.36 Å². The van der Waals surface area contributed by atoms with Gasteiger partial charge in [-0.15, -0.1) is 13.2 Å². The van der Waals surface area contributed by atoms with Gasteiger partial charge in [0.05, 0.1) is 0 Å². The topological polar surface area (TPSA) is 27.7 Å². The van der Waals surface area contributed by atoms with Crippen molar-refractivity contribution in [1.29, 1.82) is 0 Å². The minimum Gasteiger partial charge on any atom is -0.406 e. The summed E-state index contributed by atoms with van der Waals surface area (Å²) >= 11 is 0. The number of rotatable bonds is 4. The predicted molar refractivity (Wildman–Crippen MR) is 81.2 cm³/mol. The zero-order valence-corrected chi connectivity index (χ0v) is 13.0. The summed E-state index contributed by atoms with van der Waals surface area (Å²) in [6, 6.07) is 6.82. The smallest absolute Gasteiger partial charge is 0.406 e. The Morgan fingerprint density at radius 2 is 1.78 bits per heavy atom. The summed E-state index contributed by atoms with van der Waals surface area (Å²) in [7, 11) is 0. The van der Waals surface area contributed by atoms with Crippen LogP contribution < -0.4 is 10.1 Å². The molecule has 4 nitrogen and oxygen atoms in total. The van der Waals surface area contributed by atoms with Crippen LogP contribution in [0, 0.1) is 0 Å². The first kappa shape index (κ1) is 16.5. The third kappa shape index (κ3) is 4.83. The predicted octanol–water partition coefficient (Wildman–Crippen LogP) is 2.06. The number of hydrogen-bond donors (Lipinski definition) is 1. The Balaban J connectivity index is 1.46. The summed E-state index contributed by atoms with van der Waals surface area (Å²) in [6.07, 6.45) is -3.41. The maximum atomic E-state index is 12.1. The van der Waals surface area contributed by atoms with Crippen LogP contribution in [0.25, 0.3) is 0 Å². The van der Waals surface area contributed by atoms with Crippen molar-refractivity contribution in [2.45, 2.75) is 25.4 Å². The van der Waals surface area contributed by atoms with Crippen LogP contribution in [-0.4, -0.2) is 61.5 Å². The number of ether oxygens (including phenoxy) is 1. The molecule has 2 saturated heterocycles. The Morgan fingerprint density at radius 1 is 1.09 bits per heavy atom. The van der Waals surface area contributed by atoms with Gasteiger partial charge in [0, 0.05) is 45.3 Å². The average Bonchev–Trinajstić information content (AvgIpc) is 3.03. The van der Waals surface area contributed by atoms with Gasteiger partial charge in [0.15, 0.2) is 0 Å². The van der Waals surface area contributed by atoms with Crippen molar-refractivity contribution in [3.63, 3.8) is 0 Å². The van der Waals surface area contributed by atoms with Crippen LogP contribution in [0.3, 0.4) is 0 Å². The Kier molecular flexibility index (Phi) is 5.08. The molecule has 23 heavy (non-hydrogen) atoms. The van der Waals surface area contributed by atoms with E-state index in [1.54, 1.807) is 12.1 Å². The Morgan fingerprint density at radius 3 is 2.35 bits per heavy atom. The molecule has 0 radical (unpaired) electrons. The molecule has 1 N–H and O–H groups in total. The summed E-state index contributed by atoms with van der Waals surface area (Å²) < 4.78 is 40.3. The van der Waals surface area contributed by atoms with Crippen molar-refractivity contribution in [3.8, 4) is 5.75 Å². The van der Waals surface area contributed by atoms with Crippen molar-refractivity contribution in [3.05, 3.63) is 29.8 Å². The first-order chi connectivity index (χ1) is 11.0. The molecule has 1 aromatic carbocycles. The van der Waals surface area contributed by atoms with E-state index in [-0.39, 0.29) is 5.75 Å². The van der Waals surface area contributed by atoms with Gasteiger partial charge in [-0.1, -0.05) is 12.1 Å². The van der Waals surface area contributed by atoms with Crippen LogP contribution in [0.4, 0.5) is 13.2 Å². The van der Waals surface area contributed by atoms with Crippen LogP contribution >= 0.6 is 0 Å². The Hall–Kier alpha value is -1.31. The third-order valence-corrected chi connectivity index (χ3v) is 4.52. The standard InChI is InChI=1S/C16H22F3N3O/c17-16(18,19)23-15-3-1-13(2-4-15)12-21-7-9-22(10-8-21)14-5-6-20-11-14/h1-4,14,20H,5-12H2. The van der Waals surface area contributed by atoms with Gasteiger partial charge in [-0.25, -0.2) is 0 Å². The number of hydrogen-bond acceptors (Lipinski definition) is 4. The van der Waals surface area contributed by atoms with Gasteiger partial charge in [0.1, 0.15) is 5.75 Å². The number of alkyl halides is 3. The van der Waals surface area contributed by atoms with Crippen LogP contribution in [0.1, 0.15) is 12.0 Å². The molecule has 2 aliphatic heterocycles. The molecular formula is C16H22F3N3O. The highest BCUT2D eigenvalue weighted by molar-refractivity contribution is 5.27. The molecular weight excluding hydrogens is 307 g/mol. The lowest BCUT2D eigenvalue weighted by Crippen LogP contribution is -2.50. The van der Waals surface area contributed by atoms with Crippen molar-refractivity contribution < 1.29 is 17.9 Å². The third-order valence-electron chi connectivity index (χ3n) is 4.52. The first-order valence-corrected chi connectivity index (χ1v) is 8.01. The van der Waals surface area contributed by atoms with Crippen LogP contribution in [0.2, 0.25) is 0 Å².